The highest BCUT2D eigenvalue weighted by atomic mass is 16.5. The summed E-state index contributed by atoms with van der Waals surface area (Å²) in [6, 6.07) is 6.13. The van der Waals surface area contributed by atoms with Crippen LogP contribution in [0.2, 0.25) is 0 Å². The number of carbonyl (C=O) groups excluding carboxylic acids is 1. The molecule has 0 atom stereocenters. The van der Waals surface area contributed by atoms with Gasteiger partial charge in [-0.05, 0) is 37.5 Å². The third-order valence-corrected chi connectivity index (χ3v) is 2.43. The summed E-state index contributed by atoms with van der Waals surface area (Å²) in [5.41, 5.74) is 2.32. The number of carbonyl (C=O) groups is 1. The topological polar surface area (TPSA) is 38.3 Å². The van der Waals surface area contributed by atoms with Crippen molar-refractivity contribution in [3.63, 3.8) is 0 Å². The van der Waals surface area contributed by atoms with E-state index in [4.69, 9.17) is 4.74 Å². The Balaban J connectivity index is 2.37. The highest BCUT2D eigenvalue weighted by molar-refractivity contribution is 5.75. The maximum atomic E-state index is 11.0. The zero-order valence-electron chi connectivity index (χ0n) is 10.2. The van der Waals surface area contributed by atoms with Crippen molar-refractivity contribution in [1.29, 1.82) is 0 Å². The van der Waals surface area contributed by atoms with Crippen molar-refractivity contribution in [2.75, 3.05) is 13.7 Å². The molecule has 0 unspecified atom stereocenters. The molecule has 0 aliphatic rings. The molecule has 0 saturated carbocycles. The van der Waals surface area contributed by atoms with E-state index in [0.29, 0.717) is 13.0 Å². The van der Waals surface area contributed by atoms with Gasteiger partial charge >= 0.3 is 0 Å². The van der Waals surface area contributed by atoms with Crippen LogP contribution in [0.15, 0.2) is 18.2 Å². The molecule has 16 heavy (non-hydrogen) atoms. The van der Waals surface area contributed by atoms with Crippen molar-refractivity contribution in [2.45, 2.75) is 26.7 Å². The van der Waals surface area contributed by atoms with Crippen molar-refractivity contribution in [3.8, 4) is 5.75 Å². The summed E-state index contributed by atoms with van der Waals surface area (Å²) in [4.78, 5) is 11.0. The number of ether oxygens (including phenoxy) is 1. The maximum Gasteiger partial charge on any atom is 0.219 e. The molecule has 3 heteroatoms. The minimum atomic E-state index is 0.0598. The Labute approximate surface area is 96.8 Å². The number of amides is 1. The zero-order chi connectivity index (χ0) is 12.0. The number of hydrogen-bond donors (Lipinski definition) is 1. The predicted octanol–water partition coefficient (Wildman–Crippen LogP) is 2.21. The van der Waals surface area contributed by atoms with Crippen LogP contribution in [-0.4, -0.2) is 19.6 Å². The molecule has 1 rings (SSSR count). The lowest BCUT2D eigenvalue weighted by Gasteiger charge is -2.09. The van der Waals surface area contributed by atoms with Crippen LogP contribution >= 0.6 is 0 Å². The second kappa shape index (κ2) is 6.16. The van der Waals surface area contributed by atoms with Crippen LogP contribution in [0.5, 0.6) is 5.75 Å². The van der Waals surface area contributed by atoms with Crippen molar-refractivity contribution in [2.24, 2.45) is 0 Å². The van der Waals surface area contributed by atoms with E-state index in [9.17, 15) is 4.79 Å². The minimum absolute atomic E-state index is 0.0598. The van der Waals surface area contributed by atoms with Gasteiger partial charge in [0, 0.05) is 13.5 Å². The van der Waals surface area contributed by atoms with E-state index >= 15 is 0 Å². The predicted molar refractivity (Wildman–Crippen MR) is 64.7 cm³/mol. The van der Waals surface area contributed by atoms with Crippen LogP contribution in [0.1, 0.15) is 24.0 Å². The third-order valence-electron chi connectivity index (χ3n) is 2.43. The molecule has 0 bridgehead atoms. The van der Waals surface area contributed by atoms with Crippen molar-refractivity contribution in [1.82, 2.24) is 5.32 Å². The molecule has 3 nitrogen and oxygen atoms in total. The first-order chi connectivity index (χ1) is 7.63. The SMILES string of the molecule is CNC(=O)CCCOc1cc(C)ccc1C. The molecular weight excluding hydrogens is 202 g/mol. The average Bonchev–Trinajstić information content (AvgIpc) is 2.28. The summed E-state index contributed by atoms with van der Waals surface area (Å²) >= 11 is 0. The summed E-state index contributed by atoms with van der Waals surface area (Å²) in [6.45, 7) is 4.64. The normalized spacial score (nSPS) is 9.94. The second-order valence-electron chi connectivity index (χ2n) is 3.89. The fourth-order valence-electron chi connectivity index (χ4n) is 1.40. The highest BCUT2D eigenvalue weighted by Crippen LogP contribution is 2.19. The van der Waals surface area contributed by atoms with Gasteiger partial charge in [-0.3, -0.25) is 4.79 Å². The van der Waals surface area contributed by atoms with Gasteiger partial charge in [-0.25, -0.2) is 0 Å². The molecular formula is C13H19NO2. The number of benzene rings is 1. The maximum absolute atomic E-state index is 11.0. The van der Waals surface area contributed by atoms with Crippen LogP contribution in [0.25, 0.3) is 0 Å². The molecule has 1 amide bonds. The summed E-state index contributed by atoms with van der Waals surface area (Å²) in [7, 11) is 1.65. The van der Waals surface area contributed by atoms with E-state index in [1.54, 1.807) is 7.05 Å². The van der Waals surface area contributed by atoms with Gasteiger partial charge in [-0.2, -0.15) is 0 Å². The standard InChI is InChI=1S/C13H19NO2/c1-10-6-7-11(2)12(9-10)16-8-4-5-13(15)14-3/h6-7,9H,4-5,8H2,1-3H3,(H,14,15). The fraction of sp³-hybridized carbons (Fsp3) is 0.462. The quantitative estimate of drug-likeness (QED) is 0.774. The third kappa shape index (κ3) is 3.93. The molecule has 1 aromatic carbocycles. The average molecular weight is 221 g/mol. The van der Waals surface area contributed by atoms with Crippen LogP contribution < -0.4 is 10.1 Å². The smallest absolute Gasteiger partial charge is 0.219 e. The molecule has 0 aliphatic carbocycles. The van der Waals surface area contributed by atoms with Crippen molar-refractivity contribution < 1.29 is 9.53 Å². The molecule has 1 N–H and O–H groups in total. The van der Waals surface area contributed by atoms with Gasteiger partial charge in [0.1, 0.15) is 5.75 Å². The summed E-state index contributed by atoms with van der Waals surface area (Å²) in [5, 5.41) is 2.59. The van der Waals surface area contributed by atoms with Gasteiger partial charge in [0.2, 0.25) is 5.91 Å². The highest BCUT2D eigenvalue weighted by Gasteiger charge is 2.01. The molecule has 0 spiro atoms. The molecule has 0 radical (unpaired) electrons. The van der Waals surface area contributed by atoms with E-state index in [1.807, 2.05) is 26.0 Å². The van der Waals surface area contributed by atoms with Crippen LogP contribution in [-0.2, 0) is 4.79 Å². The first-order valence-corrected chi connectivity index (χ1v) is 5.54. The second-order valence-corrected chi connectivity index (χ2v) is 3.89. The Kier molecular flexibility index (Phi) is 4.83. The van der Waals surface area contributed by atoms with Crippen LogP contribution in [0.3, 0.4) is 0 Å². The van der Waals surface area contributed by atoms with E-state index < -0.39 is 0 Å². The molecule has 0 fully saturated rings. The van der Waals surface area contributed by atoms with Gasteiger partial charge in [0.05, 0.1) is 6.61 Å². The minimum Gasteiger partial charge on any atom is -0.493 e. The first-order valence-electron chi connectivity index (χ1n) is 5.54. The lowest BCUT2D eigenvalue weighted by molar-refractivity contribution is -0.120. The van der Waals surface area contributed by atoms with Crippen LogP contribution in [0.4, 0.5) is 0 Å². The van der Waals surface area contributed by atoms with Crippen molar-refractivity contribution in [3.05, 3.63) is 29.3 Å². The Morgan fingerprint density at radius 2 is 2.12 bits per heavy atom. The Hall–Kier alpha value is -1.51. The van der Waals surface area contributed by atoms with Gasteiger partial charge in [-0.1, -0.05) is 12.1 Å². The lowest BCUT2D eigenvalue weighted by Crippen LogP contribution is -2.18. The Morgan fingerprint density at radius 3 is 2.81 bits per heavy atom. The Morgan fingerprint density at radius 1 is 1.38 bits per heavy atom. The molecule has 1 aromatic rings. The monoisotopic (exact) mass is 221 g/mol. The van der Waals surface area contributed by atoms with Gasteiger partial charge in [-0.15, -0.1) is 0 Å². The fourth-order valence-corrected chi connectivity index (χ4v) is 1.40. The molecule has 88 valence electrons. The lowest BCUT2D eigenvalue weighted by atomic mass is 10.1. The van der Waals surface area contributed by atoms with Gasteiger partial charge in [0.25, 0.3) is 0 Å². The number of rotatable bonds is 5. The zero-order valence-corrected chi connectivity index (χ0v) is 10.2. The first kappa shape index (κ1) is 12.6. The molecule has 0 aromatic heterocycles. The molecule has 0 aliphatic heterocycles. The van der Waals surface area contributed by atoms with E-state index in [2.05, 4.69) is 11.4 Å². The van der Waals surface area contributed by atoms with Gasteiger partial charge in [0.15, 0.2) is 0 Å². The Bertz CT molecular complexity index is 361. The van der Waals surface area contributed by atoms with Gasteiger partial charge < -0.3 is 10.1 Å². The van der Waals surface area contributed by atoms with Crippen molar-refractivity contribution >= 4 is 5.91 Å². The summed E-state index contributed by atoms with van der Waals surface area (Å²) < 4.78 is 5.63. The van der Waals surface area contributed by atoms with E-state index in [0.717, 1.165) is 17.7 Å². The van der Waals surface area contributed by atoms with Crippen LogP contribution in [0, 0.1) is 13.8 Å². The summed E-state index contributed by atoms with van der Waals surface area (Å²) in [6.07, 6.45) is 1.26. The number of aryl methyl sites for hydroxylation is 2. The molecule has 0 saturated heterocycles. The molecule has 0 heterocycles. The summed E-state index contributed by atoms with van der Waals surface area (Å²) in [5.74, 6) is 0.974. The van der Waals surface area contributed by atoms with E-state index in [1.165, 1.54) is 5.56 Å². The van der Waals surface area contributed by atoms with E-state index in [-0.39, 0.29) is 5.91 Å². The number of hydrogen-bond acceptors (Lipinski definition) is 2. The number of nitrogens with one attached hydrogen (secondary N) is 1. The largest absolute Gasteiger partial charge is 0.493 e.